The molecule has 15 heavy (non-hydrogen) atoms. The van der Waals surface area contributed by atoms with Gasteiger partial charge in [0.25, 0.3) is 0 Å². The highest BCUT2D eigenvalue weighted by Crippen LogP contribution is 2.11. The molecule has 0 aliphatic carbocycles. The maximum absolute atomic E-state index is 11.8. The second kappa shape index (κ2) is 6.03. The van der Waals surface area contributed by atoms with Crippen LogP contribution in [-0.2, 0) is 23.1 Å². The summed E-state index contributed by atoms with van der Waals surface area (Å²) in [6.45, 7) is 4.70. The van der Waals surface area contributed by atoms with Crippen molar-refractivity contribution in [1.82, 2.24) is 0 Å². The summed E-state index contributed by atoms with van der Waals surface area (Å²) < 4.78 is 11.8. The summed E-state index contributed by atoms with van der Waals surface area (Å²) in [6.07, 6.45) is 0. The molecule has 0 aliphatic rings. The lowest BCUT2D eigenvalue weighted by atomic mass is 10.1. The van der Waals surface area contributed by atoms with Crippen LogP contribution in [0.2, 0.25) is 0 Å². The summed E-state index contributed by atoms with van der Waals surface area (Å²) >= 11 is 0. The molecule has 1 atom stereocenters. The molecule has 2 nitrogen and oxygen atoms in total. The van der Waals surface area contributed by atoms with Crippen LogP contribution in [0.5, 0.6) is 0 Å². The lowest BCUT2D eigenvalue weighted by Gasteiger charge is -2.08. The van der Waals surface area contributed by atoms with E-state index in [1.165, 1.54) is 0 Å². The highest BCUT2D eigenvalue weighted by molar-refractivity contribution is 7.84. The molecule has 1 aromatic rings. The number of benzene rings is 1. The predicted molar refractivity (Wildman–Crippen MR) is 65.9 cm³/mol. The molecule has 0 saturated heterocycles. The molecule has 84 valence electrons. The highest BCUT2D eigenvalue weighted by Gasteiger charge is 2.07. The molecule has 0 saturated carbocycles. The van der Waals surface area contributed by atoms with Crippen LogP contribution < -0.4 is 5.73 Å². The van der Waals surface area contributed by atoms with Gasteiger partial charge in [-0.25, -0.2) is 0 Å². The molecular formula is C12H19NOS. The number of rotatable bonds is 5. The molecule has 0 fully saturated rings. The van der Waals surface area contributed by atoms with E-state index in [0.29, 0.717) is 18.2 Å². The number of hydrogen-bond donors (Lipinski definition) is 1. The Kier molecular flexibility index (Phi) is 4.99. The summed E-state index contributed by atoms with van der Waals surface area (Å²) in [5.41, 5.74) is 7.86. The van der Waals surface area contributed by atoms with Gasteiger partial charge in [0, 0.05) is 28.9 Å². The van der Waals surface area contributed by atoms with E-state index in [1.807, 2.05) is 24.3 Å². The van der Waals surface area contributed by atoms with Gasteiger partial charge in [0.2, 0.25) is 0 Å². The van der Waals surface area contributed by atoms with Crippen LogP contribution in [-0.4, -0.2) is 9.96 Å². The zero-order valence-electron chi connectivity index (χ0n) is 9.40. The van der Waals surface area contributed by atoms with E-state index in [-0.39, 0.29) is 0 Å². The minimum atomic E-state index is -0.769. The molecule has 0 aromatic heterocycles. The second-order valence-electron chi connectivity index (χ2n) is 4.12. The maximum Gasteiger partial charge on any atom is 0.0488 e. The molecule has 0 aliphatic heterocycles. The van der Waals surface area contributed by atoms with Gasteiger partial charge in [-0.15, -0.1) is 0 Å². The Hall–Kier alpha value is -0.670. The first-order valence-corrected chi connectivity index (χ1v) is 6.74. The van der Waals surface area contributed by atoms with E-state index in [2.05, 4.69) is 13.8 Å². The van der Waals surface area contributed by atoms with Gasteiger partial charge in [-0.1, -0.05) is 38.1 Å². The van der Waals surface area contributed by atoms with Gasteiger partial charge in [0.05, 0.1) is 0 Å². The Bertz CT molecular complexity index is 336. The van der Waals surface area contributed by atoms with E-state index in [1.54, 1.807) is 0 Å². The van der Waals surface area contributed by atoms with E-state index in [9.17, 15) is 4.21 Å². The van der Waals surface area contributed by atoms with Crippen molar-refractivity contribution in [3.05, 3.63) is 35.4 Å². The highest BCUT2D eigenvalue weighted by atomic mass is 32.2. The van der Waals surface area contributed by atoms with E-state index in [0.717, 1.165) is 16.9 Å². The Balaban J connectivity index is 2.67. The molecule has 0 heterocycles. The number of hydrogen-bond acceptors (Lipinski definition) is 2. The largest absolute Gasteiger partial charge is 0.326 e. The summed E-state index contributed by atoms with van der Waals surface area (Å²) in [4.78, 5) is 0. The standard InChI is InChI=1S/C12H19NOS/c1-10(2)8-15(14)9-12-6-4-3-5-11(12)7-13/h3-6,10H,7-9,13H2,1-2H3. The smallest absolute Gasteiger partial charge is 0.0488 e. The molecule has 0 bridgehead atoms. The van der Waals surface area contributed by atoms with Gasteiger partial charge >= 0.3 is 0 Å². The first-order chi connectivity index (χ1) is 7.13. The molecule has 1 aromatic carbocycles. The SMILES string of the molecule is CC(C)CS(=O)Cc1ccccc1CN. The van der Waals surface area contributed by atoms with Gasteiger partial charge in [-0.2, -0.15) is 0 Å². The zero-order valence-corrected chi connectivity index (χ0v) is 10.2. The Labute approximate surface area is 94.3 Å². The molecule has 0 radical (unpaired) electrons. The molecule has 2 N–H and O–H groups in total. The van der Waals surface area contributed by atoms with Crippen molar-refractivity contribution in [1.29, 1.82) is 0 Å². The lowest BCUT2D eigenvalue weighted by molar-refractivity contribution is 0.664. The minimum Gasteiger partial charge on any atom is -0.326 e. The third kappa shape index (κ3) is 4.14. The maximum atomic E-state index is 11.8. The van der Waals surface area contributed by atoms with E-state index in [4.69, 9.17) is 5.73 Å². The van der Waals surface area contributed by atoms with Crippen molar-refractivity contribution in [3.63, 3.8) is 0 Å². The molecule has 0 amide bonds. The molecule has 1 unspecified atom stereocenters. The monoisotopic (exact) mass is 225 g/mol. The first-order valence-electron chi connectivity index (χ1n) is 5.25. The average molecular weight is 225 g/mol. The van der Waals surface area contributed by atoms with Crippen molar-refractivity contribution in [2.75, 3.05) is 5.75 Å². The van der Waals surface area contributed by atoms with Gasteiger partial charge in [-0.05, 0) is 17.0 Å². The minimum absolute atomic E-state index is 0.482. The van der Waals surface area contributed by atoms with Gasteiger partial charge in [-0.3, -0.25) is 4.21 Å². The van der Waals surface area contributed by atoms with E-state index >= 15 is 0 Å². The Morgan fingerprint density at radius 3 is 2.40 bits per heavy atom. The third-order valence-electron chi connectivity index (χ3n) is 2.17. The molecule has 3 heteroatoms. The third-order valence-corrected chi connectivity index (χ3v) is 3.85. The van der Waals surface area contributed by atoms with Gasteiger partial charge in [0.1, 0.15) is 0 Å². The van der Waals surface area contributed by atoms with Crippen LogP contribution in [0, 0.1) is 5.92 Å². The van der Waals surface area contributed by atoms with Gasteiger partial charge in [0.15, 0.2) is 0 Å². The molecular weight excluding hydrogens is 206 g/mol. The lowest BCUT2D eigenvalue weighted by Crippen LogP contribution is -2.09. The van der Waals surface area contributed by atoms with Crippen molar-refractivity contribution < 1.29 is 4.21 Å². The van der Waals surface area contributed by atoms with Crippen LogP contribution in [0.15, 0.2) is 24.3 Å². The normalized spacial score (nSPS) is 13.1. The summed E-state index contributed by atoms with van der Waals surface area (Å²) in [7, 11) is -0.769. The second-order valence-corrected chi connectivity index (χ2v) is 5.62. The van der Waals surface area contributed by atoms with Crippen LogP contribution in [0.4, 0.5) is 0 Å². The fourth-order valence-corrected chi connectivity index (χ4v) is 2.99. The quantitative estimate of drug-likeness (QED) is 0.833. The summed E-state index contributed by atoms with van der Waals surface area (Å²) in [6, 6.07) is 7.96. The van der Waals surface area contributed by atoms with E-state index < -0.39 is 10.8 Å². The van der Waals surface area contributed by atoms with Crippen LogP contribution in [0.25, 0.3) is 0 Å². The Morgan fingerprint density at radius 1 is 1.27 bits per heavy atom. The zero-order chi connectivity index (χ0) is 11.3. The Morgan fingerprint density at radius 2 is 1.87 bits per heavy atom. The van der Waals surface area contributed by atoms with Crippen molar-refractivity contribution in [2.24, 2.45) is 11.7 Å². The van der Waals surface area contributed by atoms with Crippen molar-refractivity contribution in [3.8, 4) is 0 Å². The average Bonchev–Trinajstić information content (AvgIpc) is 2.17. The van der Waals surface area contributed by atoms with Crippen molar-refractivity contribution >= 4 is 10.8 Å². The molecule has 0 spiro atoms. The van der Waals surface area contributed by atoms with Crippen molar-refractivity contribution in [2.45, 2.75) is 26.1 Å². The fraction of sp³-hybridized carbons (Fsp3) is 0.500. The first kappa shape index (κ1) is 12.4. The fourth-order valence-electron chi connectivity index (χ4n) is 1.50. The molecule has 1 rings (SSSR count). The van der Waals surface area contributed by atoms with Crippen LogP contribution in [0.3, 0.4) is 0 Å². The number of nitrogens with two attached hydrogens (primary N) is 1. The van der Waals surface area contributed by atoms with Crippen LogP contribution in [0.1, 0.15) is 25.0 Å². The van der Waals surface area contributed by atoms with Crippen LogP contribution >= 0.6 is 0 Å². The summed E-state index contributed by atoms with van der Waals surface area (Å²) in [5.74, 6) is 1.88. The summed E-state index contributed by atoms with van der Waals surface area (Å²) in [5, 5.41) is 0. The topological polar surface area (TPSA) is 43.1 Å². The predicted octanol–water partition coefficient (Wildman–Crippen LogP) is 2.05. The van der Waals surface area contributed by atoms with Gasteiger partial charge < -0.3 is 5.73 Å².